The topological polar surface area (TPSA) is 68.0 Å². The molecule has 0 atom stereocenters. The van der Waals surface area contributed by atoms with Gasteiger partial charge in [0.25, 0.3) is 0 Å². The maximum atomic E-state index is 5.65. The number of guanidine groups is 1. The van der Waals surface area contributed by atoms with E-state index in [2.05, 4.69) is 46.8 Å². The molecule has 0 radical (unpaired) electrons. The zero-order chi connectivity index (χ0) is 19.7. The highest BCUT2D eigenvalue weighted by molar-refractivity contribution is 14.0. The number of benzene rings is 1. The van der Waals surface area contributed by atoms with Crippen molar-refractivity contribution in [1.29, 1.82) is 0 Å². The van der Waals surface area contributed by atoms with Gasteiger partial charge in [0.2, 0.25) is 0 Å². The van der Waals surface area contributed by atoms with Crippen LogP contribution in [0.15, 0.2) is 52.1 Å². The Morgan fingerprint density at radius 1 is 1.10 bits per heavy atom. The summed E-state index contributed by atoms with van der Waals surface area (Å²) in [6.45, 7) is 8.42. The van der Waals surface area contributed by atoms with Crippen LogP contribution in [0.3, 0.4) is 0 Å². The number of furan rings is 1. The van der Waals surface area contributed by atoms with E-state index in [0.29, 0.717) is 13.2 Å². The fourth-order valence-electron chi connectivity index (χ4n) is 3.56. The quantitative estimate of drug-likeness (QED) is 0.316. The molecule has 1 aliphatic heterocycles. The number of hydrogen-bond acceptors (Lipinski definition) is 4. The first-order chi connectivity index (χ1) is 13.8. The van der Waals surface area contributed by atoms with Crippen molar-refractivity contribution in [3.63, 3.8) is 0 Å². The highest BCUT2D eigenvalue weighted by Crippen LogP contribution is 2.35. The molecular formula is C22H32IN3O3. The van der Waals surface area contributed by atoms with Crippen molar-refractivity contribution in [2.24, 2.45) is 4.99 Å². The van der Waals surface area contributed by atoms with Crippen molar-refractivity contribution >= 4 is 29.9 Å². The van der Waals surface area contributed by atoms with Crippen molar-refractivity contribution in [1.82, 2.24) is 10.6 Å². The Bertz CT molecular complexity index is 726. The molecule has 0 amide bonds. The van der Waals surface area contributed by atoms with E-state index in [9.17, 15) is 0 Å². The average molecular weight is 513 g/mol. The van der Waals surface area contributed by atoms with Crippen LogP contribution in [0, 0.1) is 0 Å². The fraction of sp³-hybridized carbons (Fsp3) is 0.500. The Morgan fingerprint density at radius 2 is 1.86 bits per heavy atom. The summed E-state index contributed by atoms with van der Waals surface area (Å²) in [5, 5.41) is 6.87. The van der Waals surface area contributed by atoms with Gasteiger partial charge in [-0.25, -0.2) is 4.99 Å². The Kier molecular flexibility index (Phi) is 9.80. The van der Waals surface area contributed by atoms with Gasteiger partial charge in [0.1, 0.15) is 18.1 Å². The molecule has 1 saturated heterocycles. The van der Waals surface area contributed by atoms with Crippen LogP contribution in [0.1, 0.15) is 38.0 Å². The highest BCUT2D eigenvalue weighted by atomic mass is 127. The lowest BCUT2D eigenvalue weighted by Gasteiger charge is -2.38. The SMILES string of the molecule is CCNC(=NCc1ccco1)NCC1(c2ccc(OCC)cc2)CCOCC1.I. The van der Waals surface area contributed by atoms with Crippen LogP contribution in [-0.2, 0) is 16.7 Å². The summed E-state index contributed by atoms with van der Waals surface area (Å²) in [5.74, 6) is 2.56. The predicted molar refractivity (Wildman–Crippen MR) is 126 cm³/mol. The van der Waals surface area contributed by atoms with Crippen LogP contribution in [0.4, 0.5) is 0 Å². The molecule has 0 bridgehead atoms. The smallest absolute Gasteiger partial charge is 0.191 e. The maximum Gasteiger partial charge on any atom is 0.191 e. The summed E-state index contributed by atoms with van der Waals surface area (Å²) in [6, 6.07) is 12.3. The van der Waals surface area contributed by atoms with Crippen molar-refractivity contribution < 1.29 is 13.9 Å². The normalized spacial score (nSPS) is 16.0. The largest absolute Gasteiger partial charge is 0.494 e. The van der Waals surface area contributed by atoms with Gasteiger partial charge in [-0.2, -0.15) is 0 Å². The summed E-state index contributed by atoms with van der Waals surface area (Å²) < 4.78 is 16.6. The summed E-state index contributed by atoms with van der Waals surface area (Å²) in [4.78, 5) is 4.65. The standard InChI is InChI=1S/C22H31N3O3.HI/c1-3-23-21(24-16-20-6-5-13-28-20)25-17-22(11-14-26-15-12-22)18-7-9-19(10-8-18)27-4-2;/h5-10,13H,3-4,11-12,14-17H2,1-2H3,(H2,23,24,25);1H. The zero-order valence-corrected chi connectivity index (χ0v) is 19.6. The lowest BCUT2D eigenvalue weighted by molar-refractivity contribution is 0.0513. The molecule has 1 aliphatic rings. The highest BCUT2D eigenvalue weighted by Gasteiger charge is 2.34. The summed E-state index contributed by atoms with van der Waals surface area (Å²) in [7, 11) is 0. The van der Waals surface area contributed by atoms with Crippen molar-refractivity contribution in [2.75, 3.05) is 32.9 Å². The van der Waals surface area contributed by atoms with Crippen LogP contribution >= 0.6 is 24.0 Å². The average Bonchev–Trinajstić information content (AvgIpc) is 3.25. The first kappa shape index (κ1) is 23.5. The van der Waals surface area contributed by atoms with Gasteiger partial charge >= 0.3 is 0 Å². The molecule has 3 rings (SSSR count). The van der Waals surface area contributed by atoms with Gasteiger partial charge in [0, 0.05) is 31.7 Å². The van der Waals surface area contributed by atoms with Gasteiger partial charge in [0.05, 0.1) is 12.9 Å². The molecule has 160 valence electrons. The third-order valence-corrected chi connectivity index (χ3v) is 5.14. The van der Waals surface area contributed by atoms with Crippen LogP contribution in [0.2, 0.25) is 0 Å². The van der Waals surface area contributed by atoms with E-state index >= 15 is 0 Å². The Labute approximate surface area is 190 Å². The molecule has 1 fully saturated rings. The second-order valence-electron chi connectivity index (χ2n) is 6.98. The van der Waals surface area contributed by atoms with E-state index in [0.717, 1.165) is 56.6 Å². The molecule has 0 spiro atoms. The van der Waals surface area contributed by atoms with Gasteiger partial charge in [-0.15, -0.1) is 24.0 Å². The van der Waals surface area contributed by atoms with E-state index < -0.39 is 0 Å². The van der Waals surface area contributed by atoms with Crippen LogP contribution in [-0.4, -0.2) is 38.9 Å². The summed E-state index contributed by atoms with van der Waals surface area (Å²) >= 11 is 0. The second-order valence-corrected chi connectivity index (χ2v) is 6.98. The number of nitrogens with zero attached hydrogens (tertiary/aromatic N) is 1. The molecular weight excluding hydrogens is 481 g/mol. The fourth-order valence-corrected chi connectivity index (χ4v) is 3.56. The molecule has 2 heterocycles. The maximum absolute atomic E-state index is 5.65. The number of rotatable bonds is 8. The van der Waals surface area contributed by atoms with Crippen molar-refractivity contribution in [3.8, 4) is 5.75 Å². The molecule has 0 saturated carbocycles. The lowest BCUT2D eigenvalue weighted by Crippen LogP contribution is -2.48. The van der Waals surface area contributed by atoms with Gasteiger partial charge < -0.3 is 24.5 Å². The monoisotopic (exact) mass is 513 g/mol. The first-order valence-electron chi connectivity index (χ1n) is 10.1. The Morgan fingerprint density at radius 3 is 2.48 bits per heavy atom. The Hall–Kier alpha value is -1.74. The van der Waals surface area contributed by atoms with Crippen molar-refractivity contribution in [3.05, 3.63) is 54.0 Å². The minimum atomic E-state index is 0. The third-order valence-electron chi connectivity index (χ3n) is 5.14. The molecule has 0 aliphatic carbocycles. The second kappa shape index (κ2) is 12.1. The molecule has 2 aromatic rings. The molecule has 0 unspecified atom stereocenters. The Balaban J connectivity index is 0.00000300. The summed E-state index contributed by atoms with van der Waals surface area (Å²) in [5.41, 5.74) is 1.33. The van der Waals surface area contributed by atoms with Gasteiger partial charge in [-0.05, 0) is 56.5 Å². The third kappa shape index (κ3) is 6.64. The van der Waals surface area contributed by atoms with Gasteiger partial charge in [0.15, 0.2) is 5.96 Å². The number of ether oxygens (including phenoxy) is 2. The molecule has 7 heteroatoms. The minimum absolute atomic E-state index is 0. The first-order valence-corrected chi connectivity index (χ1v) is 10.1. The number of halogens is 1. The van der Waals surface area contributed by atoms with E-state index in [1.165, 1.54) is 5.56 Å². The van der Waals surface area contributed by atoms with E-state index in [1.807, 2.05) is 19.1 Å². The van der Waals surface area contributed by atoms with E-state index in [-0.39, 0.29) is 29.4 Å². The number of aliphatic imine (C=N–C) groups is 1. The van der Waals surface area contributed by atoms with Crippen LogP contribution in [0.25, 0.3) is 0 Å². The van der Waals surface area contributed by atoms with Crippen LogP contribution in [0.5, 0.6) is 5.75 Å². The van der Waals surface area contributed by atoms with Gasteiger partial charge in [-0.1, -0.05) is 12.1 Å². The molecule has 1 aromatic heterocycles. The molecule has 2 N–H and O–H groups in total. The minimum Gasteiger partial charge on any atom is -0.494 e. The summed E-state index contributed by atoms with van der Waals surface area (Å²) in [6.07, 6.45) is 3.63. The van der Waals surface area contributed by atoms with Crippen molar-refractivity contribution in [2.45, 2.75) is 38.6 Å². The van der Waals surface area contributed by atoms with E-state index in [4.69, 9.17) is 13.9 Å². The van der Waals surface area contributed by atoms with E-state index in [1.54, 1.807) is 6.26 Å². The number of nitrogens with one attached hydrogen (secondary N) is 2. The van der Waals surface area contributed by atoms with Crippen LogP contribution < -0.4 is 15.4 Å². The molecule has 6 nitrogen and oxygen atoms in total. The molecule has 29 heavy (non-hydrogen) atoms. The molecule has 1 aromatic carbocycles. The predicted octanol–water partition coefficient (Wildman–Crippen LogP) is 4.10. The van der Waals surface area contributed by atoms with Gasteiger partial charge in [-0.3, -0.25) is 0 Å². The zero-order valence-electron chi connectivity index (χ0n) is 17.3. The lowest BCUT2D eigenvalue weighted by atomic mass is 9.74. The number of hydrogen-bond donors (Lipinski definition) is 2.